The summed E-state index contributed by atoms with van der Waals surface area (Å²) in [6, 6.07) is 9.38. The molecule has 0 radical (unpaired) electrons. The SMILES string of the molecule is CCCC(C)NCC(C)Sc1cccc(C)c1. The lowest BCUT2D eigenvalue weighted by atomic mass is 10.2. The Morgan fingerprint density at radius 2 is 2.06 bits per heavy atom. The summed E-state index contributed by atoms with van der Waals surface area (Å²) >= 11 is 1.96. The smallest absolute Gasteiger partial charge is 0.0191 e. The summed E-state index contributed by atoms with van der Waals surface area (Å²) in [5.41, 5.74) is 1.34. The van der Waals surface area contributed by atoms with E-state index >= 15 is 0 Å². The summed E-state index contributed by atoms with van der Waals surface area (Å²) in [5, 5.41) is 4.22. The van der Waals surface area contributed by atoms with Crippen LogP contribution in [0.25, 0.3) is 0 Å². The van der Waals surface area contributed by atoms with Gasteiger partial charge in [-0.05, 0) is 32.4 Å². The first-order valence-electron chi connectivity index (χ1n) is 6.58. The van der Waals surface area contributed by atoms with Gasteiger partial charge in [0, 0.05) is 22.7 Å². The molecule has 2 unspecified atom stereocenters. The minimum Gasteiger partial charge on any atom is -0.313 e. The van der Waals surface area contributed by atoms with Crippen molar-refractivity contribution >= 4 is 11.8 Å². The van der Waals surface area contributed by atoms with Gasteiger partial charge < -0.3 is 5.32 Å². The van der Waals surface area contributed by atoms with Gasteiger partial charge in [-0.3, -0.25) is 0 Å². The second kappa shape index (κ2) is 7.78. The van der Waals surface area contributed by atoms with Gasteiger partial charge in [0.25, 0.3) is 0 Å². The van der Waals surface area contributed by atoms with Crippen molar-refractivity contribution in [2.24, 2.45) is 0 Å². The van der Waals surface area contributed by atoms with Crippen LogP contribution >= 0.6 is 11.8 Å². The average molecular weight is 251 g/mol. The van der Waals surface area contributed by atoms with E-state index in [1.165, 1.54) is 23.3 Å². The van der Waals surface area contributed by atoms with Crippen LogP contribution < -0.4 is 5.32 Å². The highest BCUT2D eigenvalue weighted by Crippen LogP contribution is 2.23. The molecule has 1 nitrogen and oxygen atoms in total. The Morgan fingerprint density at radius 1 is 1.29 bits per heavy atom. The minimum atomic E-state index is 0.621. The van der Waals surface area contributed by atoms with E-state index in [9.17, 15) is 0 Å². The van der Waals surface area contributed by atoms with Crippen molar-refractivity contribution in [3.05, 3.63) is 29.8 Å². The van der Waals surface area contributed by atoms with E-state index < -0.39 is 0 Å². The first-order valence-corrected chi connectivity index (χ1v) is 7.46. The summed E-state index contributed by atoms with van der Waals surface area (Å²) in [6.45, 7) is 10.0. The Hall–Kier alpha value is -0.470. The molecule has 2 heteroatoms. The summed E-state index contributed by atoms with van der Waals surface area (Å²) in [5.74, 6) is 0. The van der Waals surface area contributed by atoms with E-state index in [-0.39, 0.29) is 0 Å². The van der Waals surface area contributed by atoms with Gasteiger partial charge in [-0.25, -0.2) is 0 Å². The van der Waals surface area contributed by atoms with Gasteiger partial charge in [-0.15, -0.1) is 11.8 Å². The molecule has 0 aliphatic heterocycles. The van der Waals surface area contributed by atoms with E-state index in [1.807, 2.05) is 11.8 Å². The molecule has 0 spiro atoms. The zero-order chi connectivity index (χ0) is 12.7. The maximum absolute atomic E-state index is 3.60. The Balaban J connectivity index is 2.32. The molecular formula is C15H25NS. The van der Waals surface area contributed by atoms with Crippen LogP contribution in [0.3, 0.4) is 0 Å². The van der Waals surface area contributed by atoms with Crippen LogP contribution in [0, 0.1) is 6.92 Å². The summed E-state index contributed by atoms with van der Waals surface area (Å²) in [6.07, 6.45) is 2.52. The highest BCUT2D eigenvalue weighted by Gasteiger charge is 2.06. The largest absolute Gasteiger partial charge is 0.313 e. The third kappa shape index (κ3) is 6.13. The van der Waals surface area contributed by atoms with Crippen molar-refractivity contribution in [3.8, 4) is 0 Å². The average Bonchev–Trinajstić information content (AvgIpc) is 2.27. The zero-order valence-corrected chi connectivity index (χ0v) is 12.3. The van der Waals surface area contributed by atoms with Crippen molar-refractivity contribution < 1.29 is 0 Å². The molecule has 1 aromatic rings. The van der Waals surface area contributed by atoms with Crippen LogP contribution in [0.5, 0.6) is 0 Å². The molecule has 0 amide bonds. The predicted octanol–water partition coefficient (Wildman–Crippen LogP) is 4.25. The third-order valence-corrected chi connectivity index (χ3v) is 3.90. The fourth-order valence-electron chi connectivity index (χ4n) is 1.86. The Morgan fingerprint density at radius 3 is 2.71 bits per heavy atom. The van der Waals surface area contributed by atoms with Gasteiger partial charge in [-0.1, -0.05) is 38.0 Å². The Bertz CT molecular complexity index is 324. The lowest BCUT2D eigenvalue weighted by Crippen LogP contribution is -2.31. The summed E-state index contributed by atoms with van der Waals surface area (Å²) in [4.78, 5) is 1.38. The Kier molecular flexibility index (Phi) is 6.68. The van der Waals surface area contributed by atoms with Crippen LogP contribution in [0.2, 0.25) is 0 Å². The monoisotopic (exact) mass is 251 g/mol. The van der Waals surface area contributed by atoms with Gasteiger partial charge in [0.15, 0.2) is 0 Å². The van der Waals surface area contributed by atoms with Gasteiger partial charge in [-0.2, -0.15) is 0 Å². The fourth-order valence-corrected chi connectivity index (χ4v) is 2.92. The van der Waals surface area contributed by atoms with Gasteiger partial charge in [0.1, 0.15) is 0 Å². The van der Waals surface area contributed by atoms with E-state index in [2.05, 4.69) is 57.3 Å². The van der Waals surface area contributed by atoms with E-state index in [0.717, 1.165) is 6.54 Å². The maximum Gasteiger partial charge on any atom is 0.0191 e. The molecule has 0 fully saturated rings. The van der Waals surface area contributed by atoms with Gasteiger partial charge in [0.2, 0.25) is 0 Å². The molecule has 17 heavy (non-hydrogen) atoms. The zero-order valence-electron chi connectivity index (χ0n) is 11.5. The summed E-state index contributed by atoms with van der Waals surface area (Å²) < 4.78 is 0. The lowest BCUT2D eigenvalue weighted by molar-refractivity contribution is 0.511. The molecule has 1 N–H and O–H groups in total. The first kappa shape index (κ1) is 14.6. The van der Waals surface area contributed by atoms with Crippen LogP contribution in [0.1, 0.15) is 39.2 Å². The molecule has 0 aliphatic carbocycles. The van der Waals surface area contributed by atoms with Crippen LogP contribution in [0.4, 0.5) is 0 Å². The highest BCUT2D eigenvalue weighted by atomic mass is 32.2. The number of benzene rings is 1. The molecule has 0 saturated heterocycles. The summed E-state index contributed by atoms with van der Waals surface area (Å²) in [7, 11) is 0. The second-order valence-corrected chi connectivity index (χ2v) is 6.35. The minimum absolute atomic E-state index is 0.621. The standard InChI is InChI=1S/C15H25NS/c1-5-7-13(3)16-11-14(4)17-15-9-6-8-12(2)10-15/h6,8-10,13-14,16H,5,7,11H2,1-4H3. The van der Waals surface area contributed by atoms with Crippen molar-refractivity contribution in [1.82, 2.24) is 5.32 Å². The molecule has 1 rings (SSSR count). The van der Waals surface area contributed by atoms with Crippen molar-refractivity contribution in [1.29, 1.82) is 0 Å². The van der Waals surface area contributed by atoms with Crippen LogP contribution in [-0.4, -0.2) is 17.8 Å². The highest BCUT2D eigenvalue weighted by molar-refractivity contribution is 8.00. The molecular weight excluding hydrogens is 226 g/mol. The van der Waals surface area contributed by atoms with Crippen LogP contribution in [-0.2, 0) is 0 Å². The molecule has 0 heterocycles. The van der Waals surface area contributed by atoms with Gasteiger partial charge in [0.05, 0.1) is 0 Å². The maximum atomic E-state index is 3.60. The topological polar surface area (TPSA) is 12.0 Å². The van der Waals surface area contributed by atoms with Gasteiger partial charge >= 0.3 is 0 Å². The lowest BCUT2D eigenvalue weighted by Gasteiger charge is -2.17. The number of rotatable bonds is 7. The number of aryl methyl sites for hydroxylation is 1. The van der Waals surface area contributed by atoms with Crippen molar-refractivity contribution in [3.63, 3.8) is 0 Å². The first-order chi connectivity index (χ1) is 8.11. The Labute approximate surface area is 110 Å². The third-order valence-electron chi connectivity index (χ3n) is 2.80. The predicted molar refractivity (Wildman–Crippen MR) is 78.9 cm³/mol. The number of hydrogen-bond donors (Lipinski definition) is 1. The molecule has 0 bridgehead atoms. The van der Waals surface area contributed by atoms with Crippen LogP contribution in [0.15, 0.2) is 29.2 Å². The van der Waals surface area contributed by atoms with E-state index in [4.69, 9.17) is 0 Å². The van der Waals surface area contributed by atoms with E-state index in [0.29, 0.717) is 11.3 Å². The number of hydrogen-bond acceptors (Lipinski definition) is 2. The molecule has 0 aromatic heterocycles. The second-order valence-electron chi connectivity index (χ2n) is 4.84. The van der Waals surface area contributed by atoms with Crippen molar-refractivity contribution in [2.45, 2.75) is 56.7 Å². The normalized spacial score (nSPS) is 14.6. The van der Waals surface area contributed by atoms with Crippen molar-refractivity contribution in [2.75, 3.05) is 6.54 Å². The molecule has 2 atom stereocenters. The molecule has 0 aliphatic rings. The molecule has 0 saturated carbocycles. The number of thioether (sulfide) groups is 1. The molecule has 96 valence electrons. The van der Waals surface area contributed by atoms with E-state index in [1.54, 1.807) is 0 Å². The fraction of sp³-hybridized carbons (Fsp3) is 0.600. The number of nitrogens with one attached hydrogen (secondary N) is 1. The quantitative estimate of drug-likeness (QED) is 0.727. The molecule has 1 aromatic carbocycles.